The first kappa shape index (κ1) is 19.5. The van der Waals surface area contributed by atoms with E-state index in [2.05, 4.69) is 15.6 Å². The van der Waals surface area contributed by atoms with Crippen LogP contribution in [0.3, 0.4) is 0 Å². The molecule has 0 saturated heterocycles. The van der Waals surface area contributed by atoms with E-state index in [1.165, 1.54) is 0 Å². The fourth-order valence-corrected chi connectivity index (χ4v) is 2.21. The van der Waals surface area contributed by atoms with Gasteiger partial charge < -0.3 is 20.3 Å². The molecular formula is C15H22Cl2N4O2. The highest BCUT2D eigenvalue weighted by Crippen LogP contribution is 2.23. The minimum absolute atomic E-state index is 0.119. The smallest absolute Gasteiger partial charge is 0.239 e. The first-order valence-corrected chi connectivity index (χ1v) is 7.85. The summed E-state index contributed by atoms with van der Waals surface area (Å²) < 4.78 is 4.87. The summed E-state index contributed by atoms with van der Waals surface area (Å²) in [7, 11) is 5.13. The van der Waals surface area contributed by atoms with E-state index < -0.39 is 0 Å². The molecule has 0 aliphatic carbocycles. The molecule has 23 heavy (non-hydrogen) atoms. The highest BCUT2D eigenvalue weighted by atomic mass is 35.5. The zero-order chi connectivity index (χ0) is 17.2. The average Bonchev–Trinajstić information content (AvgIpc) is 2.52. The number of carbonyl (C=O) groups is 1. The number of benzene rings is 1. The molecule has 0 aliphatic rings. The van der Waals surface area contributed by atoms with E-state index in [0.29, 0.717) is 35.7 Å². The summed E-state index contributed by atoms with van der Waals surface area (Å²) in [5.41, 5.74) is 0.995. The van der Waals surface area contributed by atoms with Crippen LogP contribution in [0.15, 0.2) is 23.2 Å². The number of guanidine groups is 1. The molecule has 0 radical (unpaired) electrons. The van der Waals surface area contributed by atoms with E-state index in [1.807, 2.05) is 24.1 Å². The second-order valence-electron chi connectivity index (χ2n) is 4.85. The van der Waals surface area contributed by atoms with Gasteiger partial charge in [-0.05, 0) is 17.7 Å². The number of hydrogen-bond acceptors (Lipinski definition) is 3. The van der Waals surface area contributed by atoms with Crippen molar-refractivity contribution < 1.29 is 9.53 Å². The van der Waals surface area contributed by atoms with Gasteiger partial charge in [-0.2, -0.15) is 0 Å². The van der Waals surface area contributed by atoms with Crippen LogP contribution < -0.4 is 10.6 Å². The summed E-state index contributed by atoms with van der Waals surface area (Å²) in [6, 6.07) is 5.47. The average molecular weight is 361 g/mol. The molecule has 2 N–H and O–H groups in total. The maximum Gasteiger partial charge on any atom is 0.239 e. The van der Waals surface area contributed by atoms with Crippen molar-refractivity contribution in [1.82, 2.24) is 15.5 Å². The summed E-state index contributed by atoms with van der Waals surface area (Å²) in [6.45, 7) is 1.69. The number of rotatable bonds is 7. The Hall–Kier alpha value is -1.50. The molecule has 0 unspecified atom stereocenters. The number of methoxy groups -OCH3 is 1. The summed E-state index contributed by atoms with van der Waals surface area (Å²) >= 11 is 11.9. The fraction of sp³-hybridized carbons (Fsp3) is 0.467. The number of hydrogen-bond donors (Lipinski definition) is 2. The van der Waals surface area contributed by atoms with Crippen LogP contribution in [0.25, 0.3) is 0 Å². The summed E-state index contributed by atoms with van der Waals surface area (Å²) in [5.74, 6) is 0.490. The maximum absolute atomic E-state index is 11.7. The van der Waals surface area contributed by atoms with Crippen LogP contribution in [0.2, 0.25) is 10.0 Å². The second kappa shape index (κ2) is 10.3. The van der Waals surface area contributed by atoms with Gasteiger partial charge in [0.15, 0.2) is 5.96 Å². The van der Waals surface area contributed by atoms with Gasteiger partial charge in [0.2, 0.25) is 5.91 Å². The number of carbonyl (C=O) groups excluding carboxylic acids is 1. The van der Waals surface area contributed by atoms with Crippen molar-refractivity contribution in [1.29, 1.82) is 0 Å². The van der Waals surface area contributed by atoms with Gasteiger partial charge in [0, 0.05) is 34.3 Å². The highest BCUT2D eigenvalue weighted by Gasteiger charge is 2.09. The largest absolute Gasteiger partial charge is 0.383 e. The molecule has 128 valence electrons. The third-order valence-corrected chi connectivity index (χ3v) is 3.75. The van der Waals surface area contributed by atoms with Gasteiger partial charge in [-0.15, -0.1) is 0 Å². The lowest BCUT2D eigenvalue weighted by molar-refractivity contribution is -0.120. The Morgan fingerprint density at radius 1 is 1.30 bits per heavy atom. The third-order valence-electron chi connectivity index (χ3n) is 3.01. The van der Waals surface area contributed by atoms with E-state index in [9.17, 15) is 4.79 Å². The topological polar surface area (TPSA) is 66.0 Å². The minimum Gasteiger partial charge on any atom is -0.383 e. The molecule has 6 nitrogen and oxygen atoms in total. The summed E-state index contributed by atoms with van der Waals surface area (Å²) in [4.78, 5) is 17.7. The van der Waals surface area contributed by atoms with E-state index in [-0.39, 0.29) is 12.5 Å². The van der Waals surface area contributed by atoms with Crippen molar-refractivity contribution in [3.63, 3.8) is 0 Å². The Morgan fingerprint density at radius 2 is 2.04 bits per heavy atom. The Bertz CT molecular complexity index is 552. The van der Waals surface area contributed by atoms with Crippen molar-refractivity contribution in [3.05, 3.63) is 33.8 Å². The molecule has 8 heteroatoms. The molecule has 1 aromatic rings. The molecule has 1 amide bonds. The lowest BCUT2D eigenvalue weighted by Crippen LogP contribution is -2.44. The van der Waals surface area contributed by atoms with E-state index in [0.717, 1.165) is 5.56 Å². The molecule has 1 rings (SSSR count). The number of amides is 1. The quantitative estimate of drug-likeness (QED) is 0.441. The number of aliphatic imine (C=N–C) groups is 1. The number of nitrogens with one attached hydrogen (secondary N) is 2. The molecule has 0 aliphatic heterocycles. The van der Waals surface area contributed by atoms with E-state index in [4.69, 9.17) is 27.9 Å². The van der Waals surface area contributed by atoms with Gasteiger partial charge in [-0.3, -0.25) is 9.79 Å². The monoisotopic (exact) mass is 360 g/mol. The molecule has 0 heterocycles. The first-order chi connectivity index (χ1) is 11.0. The lowest BCUT2D eigenvalue weighted by atomic mass is 10.2. The van der Waals surface area contributed by atoms with Crippen LogP contribution in [0.5, 0.6) is 0 Å². The van der Waals surface area contributed by atoms with Gasteiger partial charge in [0.25, 0.3) is 0 Å². The van der Waals surface area contributed by atoms with Gasteiger partial charge in [-0.1, -0.05) is 29.3 Å². The normalized spacial score (nSPS) is 11.3. The Balaban J connectivity index is 2.50. The van der Waals surface area contributed by atoms with Crippen LogP contribution in [0, 0.1) is 0 Å². The van der Waals surface area contributed by atoms with Crippen LogP contribution in [-0.2, 0) is 16.1 Å². The lowest BCUT2D eigenvalue weighted by Gasteiger charge is -2.22. The molecule has 0 aromatic heterocycles. The summed E-state index contributed by atoms with van der Waals surface area (Å²) in [6.07, 6.45) is 0. The predicted octanol–water partition coefficient (Wildman–Crippen LogP) is 1.76. The van der Waals surface area contributed by atoms with Crippen LogP contribution in [0.4, 0.5) is 0 Å². The number of halogens is 2. The van der Waals surface area contributed by atoms with Gasteiger partial charge in [-0.25, -0.2) is 0 Å². The predicted molar refractivity (Wildman–Crippen MR) is 94.2 cm³/mol. The van der Waals surface area contributed by atoms with Crippen molar-refractivity contribution >= 4 is 35.1 Å². The zero-order valence-electron chi connectivity index (χ0n) is 13.5. The van der Waals surface area contributed by atoms with E-state index >= 15 is 0 Å². The van der Waals surface area contributed by atoms with Crippen molar-refractivity contribution in [2.45, 2.75) is 6.54 Å². The van der Waals surface area contributed by atoms with Crippen molar-refractivity contribution in [2.75, 3.05) is 40.9 Å². The number of nitrogens with zero attached hydrogens (tertiary/aromatic N) is 2. The fourth-order valence-electron chi connectivity index (χ4n) is 1.89. The SMILES string of the molecule is CN=C(NCC(=O)NCCOC)N(C)Cc1ccc(Cl)c(Cl)c1. The second-order valence-corrected chi connectivity index (χ2v) is 5.66. The number of ether oxygens (including phenoxy) is 1. The standard InChI is InChI=1S/C15H22Cl2N4O2/c1-18-15(20-9-14(22)19-6-7-23-3)21(2)10-11-4-5-12(16)13(17)8-11/h4-5,8H,6-7,9-10H2,1-3H3,(H,18,20)(H,19,22). The van der Waals surface area contributed by atoms with Crippen LogP contribution in [-0.4, -0.2) is 57.7 Å². The minimum atomic E-state index is -0.119. The highest BCUT2D eigenvalue weighted by molar-refractivity contribution is 6.42. The Labute approximate surface area is 146 Å². The first-order valence-electron chi connectivity index (χ1n) is 7.09. The van der Waals surface area contributed by atoms with Gasteiger partial charge in [0.05, 0.1) is 23.2 Å². The molecule has 0 atom stereocenters. The molecule has 0 spiro atoms. The maximum atomic E-state index is 11.7. The molecule has 0 fully saturated rings. The van der Waals surface area contributed by atoms with E-state index in [1.54, 1.807) is 20.2 Å². The van der Waals surface area contributed by atoms with Gasteiger partial charge >= 0.3 is 0 Å². The summed E-state index contributed by atoms with van der Waals surface area (Å²) in [5, 5.41) is 6.77. The Kier molecular flexibility index (Phi) is 8.76. The van der Waals surface area contributed by atoms with Crippen molar-refractivity contribution in [3.8, 4) is 0 Å². The zero-order valence-corrected chi connectivity index (χ0v) is 15.0. The van der Waals surface area contributed by atoms with Gasteiger partial charge in [0.1, 0.15) is 0 Å². The van der Waals surface area contributed by atoms with Crippen LogP contribution >= 0.6 is 23.2 Å². The molecule has 0 bridgehead atoms. The van der Waals surface area contributed by atoms with Crippen molar-refractivity contribution in [2.24, 2.45) is 4.99 Å². The van der Waals surface area contributed by atoms with Crippen LogP contribution in [0.1, 0.15) is 5.56 Å². The Morgan fingerprint density at radius 3 is 2.65 bits per heavy atom. The molecule has 1 aromatic carbocycles. The molecule has 0 saturated carbocycles. The third kappa shape index (κ3) is 7.07. The molecular weight excluding hydrogens is 339 g/mol.